The molecule has 1 rings (SSSR count). The molecule has 4 atom stereocenters. The summed E-state index contributed by atoms with van der Waals surface area (Å²) in [5.74, 6) is 0. The summed E-state index contributed by atoms with van der Waals surface area (Å²) in [6.07, 6.45) is 4.19. The third-order valence-electron chi connectivity index (χ3n) is 3.08. The number of hydrogen-bond donors (Lipinski definition) is 2. The molecule has 1 saturated heterocycles. The first-order valence-corrected chi connectivity index (χ1v) is 5.79. The van der Waals surface area contributed by atoms with E-state index >= 15 is 0 Å². The maximum absolute atomic E-state index is 5.82. The second-order valence-corrected chi connectivity index (χ2v) is 4.38. The van der Waals surface area contributed by atoms with Gasteiger partial charge in [0.25, 0.3) is 0 Å². The quantitative estimate of drug-likeness (QED) is 0.702. The lowest BCUT2D eigenvalue weighted by Gasteiger charge is -2.26. The molecular formula is C11H24N2O. The van der Waals surface area contributed by atoms with Crippen LogP contribution in [0.3, 0.4) is 0 Å². The van der Waals surface area contributed by atoms with Gasteiger partial charge < -0.3 is 15.8 Å². The maximum Gasteiger partial charge on any atom is 0.0745 e. The first-order valence-electron chi connectivity index (χ1n) is 5.79. The average molecular weight is 200 g/mol. The van der Waals surface area contributed by atoms with Gasteiger partial charge >= 0.3 is 0 Å². The third kappa shape index (κ3) is 3.23. The van der Waals surface area contributed by atoms with E-state index in [0.717, 1.165) is 12.8 Å². The predicted octanol–water partition coefficient (Wildman–Crippen LogP) is 1.27. The van der Waals surface area contributed by atoms with Crippen molar-refractivity contribution in [1.29, 1.82) is 0 Å². The van der Waals surface area contributed by atoms with Gasteiger partial charge in [-0.2, -0.15) is 0 Å². The summed E-state index contributed by atoms with van der Waals surface area (Å²) in [5, 5.41) is 3.53. The van der Waals surface area contributed by atoms with E-state index in [1.165, 1.54) is 6.42 Å². The van der Waals surface area contributed by atoms with Gasteiger partial charge in [0.05, 0.1) is 12.2 Å². The molecule has 84 valence electrons. The van der Waals surface area contributed by atoms with Crippen LogP contribution in [-0.2, 0) is 4.74 Å². The van der Waals surface area contributed by atoms with Crippen molar-refractivity contribution in [3.8, 4) is 0 Å². The Balaban J connectivity index is 2.37. The lowest BCUT2D eigenvalue weighted by atomic mass is 10.1. The highest BCUT2D eigenvalue weighted by Gasteiger charge is 2.29. The molecule has 14 heavy (non-hydrogen) atoms. The first kappa shape index (κ1) is 12.0. The Bertz CT molecular complexity index is 163. The molecule has 0 aliphatic carbocycles. The van der Waals surface area contributed by atoms with Crippen LogP contribution in [0.4, 0.5) is 0 Å². The zero-order valence-corrected chi connectivity index (χ0v) is 9.62. The summed E-state index contributed by atoms with van der Waals surface area (Å²) < 4.78 is 5.82. The van der Waals surface area contributed by atoms with E-state index < -0.39 is 0 Å². The molecule has 0 amide bonds. The van der Waals surface area contributed by atoms with E-state index in [9.17, 15) is 0 Å². The van der Waals surface area contributed by atoms with Crippen LogP contribution in [0.25, 0.3) is 0 Å². The maximum atomic E-state index is 5.82. The van der Waals surface area contributed by atoms with Gasteiger partial charge in [-0.1, -0.05) is 6.92 Å². The Morgan fingerprint density at radius 3 is 2.64 bits per heavy atom. The number of ether oxygens (including phenoxy) is 1. The van der Waals surface area contributed by atoms with Crippen molar-refractivity contribution in [3.63, 3.8) is 0 Å². The van der Waals surface area contributed by atoms with Crippen LogP contribution in [0.15, 0.2) is 0 Å². The first-order chi connectivity index (χ1) is 6.67. The molecule has 0 spiro atoms. The van der Waals surface area contributed by atoms with Crippen LogP contribution < -0.4 is 11.1 Å². The molecule has 3 N–H and O–H groups in total. The minimum absolute atomic E-state index is 0.323. The molecule has 0 radical (unpaired) electrons. The lowest BCUT2D eigenvalue weighted by Crippen LogP contribution is -2.48. The fourth-order valence-electron chi connectivity index (χ4n) is 1.94. The second kappa shape index (κ2) is 5.69. The zero-order valence-electron chi connectivity index (χ0n) is 9.62. The molecule has 1 aliphatic heterocycles. The van der Waals surface area contributed by atoms with Gasteiger partial charge in [0.2, 0.25) is 0 Å². The van der Waals surface area contributed by atoms with Gasteiger partial charge in [0.15, 0.2) is 0 Å². The fraction of sp³-hybridized carbons (Fsp3) is 1.00. The summed E-state index contributed by atoms with van der Waals surface area (Å²) in [4.78, 5) is 0. The third-order valence-corrected chi connectivity index (χ3v) is 3.08. The molecule has 0 aromatic carbocycles. The van der Waals surface area contributed by atoms with E-state index in [1.54, 1.807) is 0 Å². The molecule has 1 fully saturated rings. The number of nitrogens with two attached hydrogens (primary N) is 1. The van der Waals surface area contributed by atoms with Crippen molar-refractivity contribution in [2.75, 3.05) is 6.54 Å². The number of hydrogen-bond acceptors (Lipinski definition) is 3. The molecule has 3 nitrogen and oxygen atoms in total. The van der Waals surface area contributed by atoms with Crippen LogP contribution in [0, 0.1) is 0 Å². The van der Waals surface area contributed by atoms with Crippen LogP contribution in [-0.4, -0.2) is 30.8 Å². The second-order valence-electron chi connectivity index (χ2n) is 4.38. The van der Waals surface area contributed by atoms with Crippen LogP contribution >= 0.6 is 0 Å². The fourth-order valence-corrected chi connectivity index (χ4v) is 1.94. The number of rotatable bonds is 5. The van der Waals surface area contributed by atoms with E-state index in [4.69, 9.17) is 10.5 Å². The normalized spacial score (nSPS) is 31.7. The molecular weight excluding hydrogens is 176 g/mol. The van der Waals surface area contributed by atoms with Gasteiger partial charge in [0.1, 0.15) is 0 Å². The summed E-state index contributed by atoms with van der Waals surface area (Å²) >= 11 is 0. The molecule has 0 bridgehead atoms. The van der Waals surface area contributed by atoms with Crippen molar-refractivity contribution in [1.82, 2.24) is 5.32 Å². The summed E-state index contributed by atoms with van der Waals surface area (Å²) in [6.45, 7) is 7.18. The average Bonchev–Trinajstić information content (AvgIpc) is 2.60. The van der Waals surface area contributed by atoms with Gasteiger partial charge in [-0.15, -0.1) is 0 Å². The molecule has 1 heterocycles. The summed E-state index contributed by atoms with van der Waals surface area (Å²) in [6, 6.07) is 0.859. The Morgan fingerprint density at radius 2 is 2.21 bits per heavy atom. The Morgan fingerprint density at radius 1 is 1.50 bits per heavy atom. The van der Waals surface area contributed by atoms with Crippen molar-refractivity contribution in [2.24, 2.45) is 5.73 Å². The Kier molecular flexibility index (Phi) is 4.85. The minimum atomic E-state index is 0.323. The van der Waals surface area contributed by atoms with Gasteiger partial charge in [-0.3, -0.25) is 0 Å². The summed E-state index contributed by atoms with van der Waals surface area (Å²) in [5.41, 5.74) is 5.76. The highest BCUT2D eigenvalue weighted by atomic mass is 16.5. The highest BCUT2D eigenvalue weighted by molar-refractivity contribution is 4.84. The smallest absolute Gasteiger partial charge is 0.0745 e. The highest BCUT2D eigenvalue weighted by Crippen LogP contribution is 2.21. The minimum Gasteiger partial charge on any atom is -0.374 e. The van der Waals surface area contributed by atoms with E-state index in [1.807, 2.05) is 0 Å². The molecule has 0 aromatic rings. The predicted molar refractivity (Wildman–Crippen MR) is 59.3 cm³/mol. The summed E-state index contributed by atoms with van der Waals surface area (Å²) in [7, 11) is 0. The van der Waals surface area contributed by atoms with Crippen molar-refractivity contribution in [3.05, 3.63) is 0 Å². The monoisotopic (exact) mass is 200 g/mol. The van der Waals surface area contributed by atoms with E-state index in [0.29, 0.717) is 30.8 Å². The molecule has 0 aromatic heterocycles. The molecule has 1 aliphatic rings. The largest absolute Gasteiger partial charge is 0.374 e. The molecule has 3 heteroatoms. The molecule has 4 unspecified atom stereocenters. The lowest BCUT2D eigenvalue weighted by molar-refractivity contribution is 0.0315. The zero-order chi connectivity index (χ0) is 10.6. The van der Waals surface area contributed by atoms with Crippen LogP contribution in [0.5, 0.6) is 0 Å². The van der Waals surface area contributed by atoms with Crippen LogP contribution in [0.2, 0.25) is 0 Å². The van der Waals surface area contributed by atoms with Crippen molar-refractivity contribution in [2.45, 2.75) is 64.3 Å². The SMILES string of the molecule is CCC(C)NC(CN)C1CCC(C)O1. The standard InChI is InChI=1S/C11H24N2O/c1-4-8(2)13-10(7-12)11-6-5-9(3)14-11/h8-11,13H,4-7,12H2,1-3H3. The van der Waals surface area contributed by atoms with E-state index in [2.05, 4.69) is 26.1 Å². The van der Waals surface area contributed by atoms with Crippen molar-refractivity contribution >= 4 is 0 Å². The van der Waals surface area contributed by atoms with Crippen molar-refractivity contribution < 1.29 is 4.74 Å². The number of nitrogens with one attached hydrogen (secondary N) is 1. The Hall–Kier alpha value is -0.120. The molecule has 0 saturated carbocycles. The van der Waals surface area contributed by atoms with Gasteiger partial charge in [0, 0.05) is 18.6 Å². The van der Waals surface area contributed by atoms with E-state index in [-0.39, 0.29) is 0 Å². The van der Waals surface area contributed by atoms with Crippen LogP contribution in [0.1, 0.15) is 40.0 Å². The Labute approximate surface area is 87.4 Å². The van der Waals surface area contributed by atoms with Gasteiger partial charge in [-0.25, -0.2) is 0 Å². The topological polar surface area (TPSA) is 47.3 Å². The van der Waals surface area contributed by atoms with Gasteiger partial charge in [-0.05, 0) is 33.1 Å².